The average molecular weight is 396 g/mol. The van der Waals surface area contributed by atoms with Gasteiger partial charge in [0.25, 0.3) is 5.91 Å². The molecule has 3 heterocycles. The largest absolute Gasteiger partial charge is 0.463 e. The van der Waals surface area contributed by atoms with Gasteiger partial charge < -0.3 is 14.3 Å². The van der Waals surface area contributed by atoms with Gasteiger partial charge in [0.2, 0.25) is 0 Å². The van der Waals surface area contributed by atoms with Crippen LogP contribution < -0.4 is 5.32 Å². The number of aromatic nitrogens is 3. The Hall–Kier alpha value is -4.06. The van der Waals surface area contributed by atoms with Crippen LogP contribution in [-0.4, -0.2) is 20.3 Å². The molecular weight excluding hydrogens is 376 g/mol. The maximum atomic E-state index is 13.1. The number of carbonyl (C=O) groups excluding carboxylic acids is 1. The maximum Gasteiger partial charge on any atom is 0.272 e. The lowest BCUT2D eigenvalue weighted by Gasteiger charge is -2.12. The minimum Gasteiger partial charge on any atom is -0.463 e. The number of carbonyl (C=O) groups is 1. The van der Waals surface area contributed by atoms with Crippen molar-refractivity contribution < 1.29 is 9.21 Å². The van der Waals surface area contributed by atoms with Crippen LogP contribution in [0.1, 0.15) is 21.6 Å². The number of benzene rings is 2. The smallest absolute Gasteiger partial charge is 0.272 e. The third-order valence-corrected chi connectivity index (χ3v) is 5.24. The predicted octanol–water partition coefficient (Wildman–Crippen LogP) is 5.03. The molecule has 30 heavy (non-hydrogen) atoms. The standard InChI is InChI=1S/C24H20N4O2/c1-17-5-2-3-6-18(17)16-27-21-11-14-30-23(21)15-22(27)24(29)26-19-7-9-20(10-8-19)28-13-4-12-25-28/h2-15H,16H2,1H3,(H,26,29). The van der Waals surface area contributed by atoms with Crippen molar-refractivity contribution in [3.8, 4) is 5.69 Å². The number of rotatable bonds is 5. The van der Waals surface area contributed by atoms with Crippen LogP contribution in [0, 0.1) is 6.92 Å². The van der Waals surface area contributed by atoms with Gasteiger partial charge >= 0.3 is 0 Å². The first-order valence-electron chi connectivity index (χ1n) is 9.72. The predicted molar refractivity (Wildman–Crippen MR) is 116 cm³/mol. The molecule has 148 valence electrons. The number of nitrogens with one attached hydrogen (secondary N) is 1. The second kappa shape index (κ2) is 7.40. The molecule has 6 heteroatoms. The molecule has 0 radical (unpaired) electrons. The lowest BCUT2D eigenvalue weighted by Crippen LogP contribution is -2.17. The van der Waals surface area contributed by atoms with Crippen LogP contribution in [0.4, 0.5) is 5.69 Å². The fourth-order valence-corrected chi connectivity index (χ4v) is 3.61. The van der Waals surface area contributed by atoms with E-state index in [4.69, 9.17) is 4.42 Å². The average Bonchev–Trinajstić information content (AvgIpc) is 3.49. The molecule has 0 aliphatic rings. The molecule has 0 spiro atoms. The number of amides is 1. The molecule has 5 rings (SSSR count). The molecule has 2 aromatic carbocycles. The molecule has 0 atom stereocenters. The van der Waals surface area contributed by atoms with Crippen molar-refractivity contribution in [1.82, 2.24) is 14.3 Å². The monoisotopic (exact) mass is 396 g/mol. The van der Waals surface area contributed by atoms with Crippen LogP contribution in [0.3, 0.4) is 0 Å². The van der Waals surface area contributed by atoms with Crippen LogP contribution in [0.5, 0.6) is 0 Å². The van der Waals surface area contributed by atoms with E-state index in [1.165, 1.54) is 5.56 Å². The third-order valence-electron chi connectivity index (χ3n) is 5.24. The summed E-state index contributed by atoms with van der Waals surface area (Å²) >= 11 is 0. The van der Waals surface area contributed by atoms with E-state index < -0.39 is 0 Å². The zero-order chi connectivity index (χ0) is 20.5. The van der Waals surface area contributed by atoms with E-state index in [0.29, 0.717) is 17.8 Å². The van der Waals surface area contributed by atoms with E-state index in [9.17, 15) is 4.79 Å². The molecule has 0 fully saturated rings. The van der Waals surface area contributed by atoms with Crippen molar-refractivity contribution in [2.24, 2.45) is 0 Å². The van der Waals surface area contributed by atoms with Crippen LogP contribution in [-0.2, 0) is 6.54 Å². The van der Waals surface area contributed by atoms with E-state index in [1.807, 2.05) is 59.3 Å². The fourth-order valence-electron chi connectivity index (χ4n) is 3.61. The lowest BCUT2D eigenvalue weighted by atomic mass is 10.1. The van der Waals surface area contributed by atoms with Crippen molar-refractivity contribution in [2.75, 3.05) is 5.32 Å². The highest BCUT2D eigenvalue weighted by atomic mass is 16.3. The summed E-state index contributed by atoms with van der Waals surface area (Å²) in [6.45, 7) is 2.67. The van der Waals surface area contributed by atoms with Gasteiger partial charge in [-0.2, -0.15) is 5.10 Å². The van der Waals surface area contributed by atoms with Crippen LogP contribution in [0.25, 0.3) is 16.8 Å². The number of fused-ring (bicyclic) bond motifs is 1. The van der Waals surface area contributed by atoms with Gasteiger partial charge in [-0.05, 0) is 48.4 Å². The van der Waals surface area contributed by atoms with Crippen molar-refractivity contribution in [2.45, 2.75) is 13.5 Å². The SMILES string of the molecule is Cc1ccccc1Cn1c(C(=O)Nc2ccc(-n3cccn3)cc2)cc2occc21. The molecule has 1 N–H and O–H groups in total. The normalized spacial score (nSPS) is 11.1. The highest BCUT2D eigenvalue weighted by Crippen LogP contribution is 2.24. The first-order chi connectivity index (χ1) is 14.7. The number of aryl methyl sites for hydroxylation is 1. The van der Waals surface area contributed by atoms with Gasteiger partial charge in [-0.1, -0.05) is 24.3 Å². The van der Waals surface area contributed by atoms with Crippen molar-refractivity contribution in [3.63, 3.8) is 0 Å². The third kappa shape index (κ3) is 3.28. The second-order valence-corrected chi connectivity index (χ2v) is 7.16. The molecular formula is C24H20N4O2. The molecule has 0 aliphatic heterocycles. The van der Waals surface area contributed by atoms with Gasteiger partial charge in [0, 0.05) is 36.8 Å². The number of furan rings is 1. The summed E-state index contributed by atoms with van der Waals surface area (Å²) in [5, 5.41) is 7.21. The lowest BCUT2D eigenvalue weighted by molar-refractivity contribution is 0.101. The van der Waals surface area contributed by atoms with Gasteiger partial charge in [0.15, 0.2) is 5.58 Å². The first-order valence-corrected chi connectivity index (χ1v) is 9.72. The summed E-state index contributed by atoms with van der Waals surface area (Å²) in [6, 6.07) is 21.3. The second-order valence-electron chi connectivity index (χ2n) is 7.16. The summed E-state index contributed by atoms with van der Waals surface area (Å²) in [4.78, 5) is 13.1. The molecule has 0 saturated heterocycles. The molecule has 5 aromatic rings. The van der Waals surface area contributed by atoms with Gasteiger partial charge in [0.1, 0.15) is 5.69 Å². The molecule has 0 bridgehead atoms. The molecule has 0 aliphatic carbocycles. The number of hydrogen-bond donors (Lipinski definition) is 1. The molecule has 0 unspecified atom stereocenters. The molecule has 3 aromatic heterocycles. The topological polar surface area (TPSA) is 65.0 Å². The van der Waals surface area contributed by atoms with Crippen LogP contribution in [0.2, 0.25) is 0 Å². The van der Waals surface area contributed by atoms with Gasteiger partial charge in [-0.3, -0.25) is 4.79 Å². The van der Waals surface area contributed by atoms with Crippen LogP contribution in [0.15, 0.2) is 89.8 Å². The zero-order valence-corrected chi connectivity index (χ0v) is 16.4. The van der Waals surface area contributed by atoms with Crippen molar-refractivity contribution in [1.29, 1.82) is 0 Å². The van der Waals surface area contributed by atoms with E-state index in [-0.39, 0.29) is 5.91 Å². The highest BCUT2D eigenvalue weighted by Gasteiger charge is 2.18. The Morgan fingerprint density at radius 1 is 1.07 bits per heavy atom. The Bertz CT molecular complexity index is 1310. The zero-order valence-electron chi connectivity index (χ0n) is 16.4. The van der Waals surface area contributed by atoms with E-state index in [1.54, 1.807) is 23.2 Å². The van der Waals surface area contributed by atoms with Crippen molar-refractivity contribution >= 4 is 22.7 Å². The minimum atomic E-state index is -0.179. The van der Waals surface area contributed by atoms with E-state index >= 15 is 0 Å². The van der Waals surface area contributed by atoms with E-state index in [2.05, 4.69) is 29.5 Å². The number of anilines is 1. The first kappa shape index (κ1) is 18.0. The molecule has 1 amide bonds. The Morgan fingerprint density at radius 3 is 2.67 bits per heavy atom. The maximum absolute atomic E-state index is 13.1. The van der Waals surface area contributed by atoms with Gasteiger partial charge in [-0.25, -0.2) is 4.68 Å². The summed E-state index contributed by atoms with van der Waals surface area (Å²) in [5.74, 6) is -0.179. The summed E-state index contributed by atoms with van der Waals surface area (Å²) in [6.07, 6.45) is 5.25. The summed E-state index contributed by atoms with van der Waals surface area (Å²) in [5.41, 5.74) is 6.15. The van der Waals surface area contributed by atoms with Gasteiger partial charge in [-0.15, -0.1) is 0 Å². The molecule has 6 nitrogen and oxygen atoms in total. The summed E-state index contributed by atoms with van der Waals surface area (Å²) in [7, 11) is 0. The van der Waals surface area contributed by atoms with Crippen molar-refractivity contribution in [3.05, 3.63) is 102 Å². The Kier molecular flexibility index (Phi) is 4.44. The quantitative estimate of drug-likeness (QED) is 0.453. The minimum absolute atomic E-state index is 0.179. The Morgan fingerprint density at radius 2 is 1.90 bits per heavy atom. The highest BCUT2D eigenvalue weighted by molar-refractivity contribution is 6.05. The molecule has 0 saturated carbocycles. The number of nitrogens with zero attached hydrogens (tertiary/aromatic N) is 3. The Labute approximate surface area is 173 Å². The number of hydrogen-bond acceptors (Lipinski definition) is 3. The van der Waals surface area contributed by atoms with Crippen LogP contribution >= 0.6 is 0 Å². The summed E-state index contributed by atoms with van der Waals surface area (Å²) < 4.78 is 9.32. The van der Waals surface area contributed by atoms with E-state index in [0.717, 1.165) is 22.5 Å². The fraction of sp³-hybridized carbons (Fsp3) is 0.0833. The Balaban J connectivity index is 1.43. The van der Waals surface area contributed by atoms with Gasteiger partial charge in [0.05, 0.1) is 17.5 Å².